The van der Waals surface area contributed by atoms with Gasteiger partial charge in [0.1, 0.15) is 23.6 Å². The molecule has 2 saturated heterocycles. The lowest BCUT2D eigenvalue weighted by molar-refractivity contribution is -0.183. The Morgan fingerprint density at radius 1 is 1.24 bits per heavy atom. The van der Waals surface area contributed by atoms with Gasteiger partial charge >= 0.3 is 6.18 Å². The Balaban J connectivity index is 1.46. The number of pyridine rings is 1. The van der Waals surface area contributed by atoms with Gasteiger partial charge in [-0.1, -0.05) is 6.08 Å². The molecule has 33 heavy (non-hydrogen) atoms. The van der Waals surface area contributed by atoms with E-state index in [9.17, 15) is 22.4 Å². The predicted octanol–water partition coefficient (Wildman–Crippen LogP) is 2.66. The molecule has 5 heterocycles. The zero-order valence-electron chi connectivity index (χ0n) is 17.8. The van der Waals surface area contributed by atoms with E-state index in [-0.39, 0.29) is 42.4 Å². The monoisotopic (exact) mass is 464 g/mol. The van der Waals surface area contributed by atoms with Gasteiger partial charge in [-0.25, -0.2) is 14.4 Å². The van der Waals surface area contributed by atoms with Gasteiger partial charge in [0.05, 0.1) is 23.7 Å². The molecule has 11 heteroatoms. The summed E-state index contributed by atoms with van der Waals surface area (Å²) in [6, 6.07) is 2.31. The second-order valence-corrected chi connectivity index (χ2v) is 8.74. The summed E-state index contributed by atoms with van der Waals surface area (Å²) in [4.78, 5) is 25.6. The normalized spacial score (nSPS) is 29.2. The lowest BCUT2D eigenvalue weighted by Gasteiger charge is -2.46. The van der Waals surface area contributed by atoms with Crippen LogP contribution >= 0.6 is 0 Å². The fourth-order valence-electron chi connectivity index (χ4n) is 4.85. The number of alkyl halides is 3. The molecule has 4 atom stereocenters. The van der Waals surface area contributed by atoms with Crippen molar-refractivity contribution in [3.05, 3.63) is 47.6 Å². The van der Waals surface area contributed by atoms with E-state index in [1.807, 2.05) is 0 Å². The Bertz CT molecular complexity index is 1020. The summed E-state index contributed by atoms with van der Waals surface area (Å²) in [6.45, 7) is 1.65. The lowest BCUT2D eigenvalue weighted by Crippen LogP contribution is -2.59. The standard InChI is InChI=1S/C22H24F4N6O/c23-14-5-6-18(27-10-14)29-21(33)16-9-17-19(28-15-4-2-7-31(17)12-15)30-20(16)32-8-1-3-13(11-32)22(24,25)26/h4-6,9-10,13,17,19,28H,1-3,7-8,11-12H2,(H,27,29,33). The van der Waals surface area contributed by atoms with Crippen molar-refractivity contribution >= 4 is 17.6 Å². The number of anilines is 1. The minimum atomic E-state index is -4.31. The van der Waals surface area contributed by atoms with E-state index in [2.05, 4.69) is 26.6 Å². The molecule has 0 spiro atoms. The van der Waals surface area contributed by atoms with Crippen molar-refractivity contribution in [2.75, 3.05) is 31.5 Å². The highest BCUT2D eigenvalue weighted by Crippen LogP contribution is 2.35. The fraction of sp³-hybridized carbons (Fsp3) is 0.500. The molecule has 1 aromatic heterocycles. The number of hydrogen-bond donors (Lipinski definition) is 2. The summed E-state index contributed by atoms with van der Waals surface area (Å²) < 4.78 is 53.6. The van der Waals surface area contributed by atoms with E-state index in [1.54, 1.807) is 11.0 Å². The zero-order valence-corrected chi connectivity index (χ0v) is 17.8. The lowest BCUT2D eigenvalue weighted by atomic mass is 9.94. The van der Waals surface area contributed by atoms with E-state index in [1.165, 1.54) is 12.1 Å². The minimum Gasteiger partial charge on any atom is -0.365 e. The van der Waals surface area contributed by atoms with Gasteiger partial charge in [0.25, 0.3) is 5.91 Å². The summed E-state index contributed by atoms with van der Waals surface area (Å²) in [5, 5.41) is 6.00. The number of likely N-dealkylation sites (tertiary alicyclic amines) is 1. The highest BCUT2D eigenvalue weighted by molar-refractivity contribution is 6.25. The molecular formula is C22H24F4N6O. The van der Waals surface area contributed by atoms with Crippen LogP contribution in [0.5, 0.6) is 0 Å². The largest absolute Gasteiger partial charge is 0.393 e. The first-order chi connectivity index (χ1) is 15.8. The number of halogens is 4. The highest BCUT2D eigenvalue weighted by atomic mass is 19.4. The Kier molecular flexibility index (Phi) is 5.59. The number of carbonyl (C=O) groups is 1. The van der Waals surface area contributed by atoms with Crippen molar-refractivity contribution in [3.63, 3.8) is 0 Å². The van der Waals surface area contributed by atoms with Crippen molar-refractivity contribution in [3.8, 4) is 0 Å². The van der Waals surface area contributed by atoms with Crippen LogP contribution in [0.15, 0.2) is 46.7 Å². The maximum atomic E-state index is 13.5. The number of amidine groups is 1. The molecule has 7 nitrogen and oxygen atoms in total. The van der Waals surface area contributed by atoms with Crippen molar-refractivity contribution in [1.29, 1.82) is 0 Å². The number of aromatic nitrogens is 1. The summed E-state index contributed by atoms with van der Waals surface area (Å²) in [5.41, 5.74) is 1.25. The SMILES string of the molecule is O=C(Nc1ccc(F)cn1)C1=CC2C(N=C1N1CCCC(C(F)(F)F)C1)NC1=CCCN2C1. The second-order valence-electron chi connectivity index (χ2n) is 8.74. The summed E-state index contributed by atoms with van der Waals surface area (Å²) in [7, 11) is 0. The third kappa shape index (κ3) is 4.46. The molecule has 176 valence electrons. The fourth-order valence-corrected chi connectivity index (χ4v) is 4.85. The van der Waals surface area contributed by atoms with Crippen LogP contribution in [0, 0.1) is 11.7 Å². The van der Waals surface area contributed by atoms with Crippen LogP contribution in [-0.2, 0) is 4.79 Å². The van der Waals surface area contributed by atoms with E-state index in [0.29, 0.717) is 19.5 Å². The van der Waals surface area contributed by atoms with Gasteiger partial charge in [-0.05, 0) is 37.5 Å². The number of fused-ring (bicyclic) bond motifs is 4. The number of dihydropyridines is 1. The average molecular weight is 464 g/mol. The van der Waals surface area contributed by atoms with Gasteiger partial charge in [0.15, 0.2) is 0 Å². The van der Waals surface area contributed by atoms with Crippen LogP contribution in [0.3, 0.4) is 0 Å². The number of aliphatic imine (C=N–C) groups is 1. The molecule has 4 aliphatic heterocycles. The van der Waals surface area contributed by atoms with E-state index in [4.69, 9.17) is 4.99 Å². The van der Waals surface area contributed by atoms with E-state index in [0.717, 1.165) is 24.9 Å². The van der Waals surface area contributed by atoms with Gasteiger partial charge in [-0.2, -0.15) is 13.2 Å². The summed E-state index contributed by atoms with van der Waals surface area (Å²) in [5.74, 6) is -2.14. The average Bonchev–Trinajstić information content (AvgIpc) is 2.79. The van der Waals surface area contributed by atoms with Crippen LogP contribution in [-0.4, -0.2) is 71.1 Å². The van der Waals surface area contributed by atoms with Gasteiger partial charge in [0.2, 0.25) is 0 Å². The van der Waals surface area contributed by atoms with Crippen LogP contribution in [0.1, 0.15) is 19.3 Å². The van der Waals surface area contributed by atoms with Crippen molar-refractivity contribution in [1.82, 2.24) is 20.1 Å². The first kappa shape index (κ1) is 21.9. The van der Waals surface area contributed by atoms with E-state index >= 15 is 0 Å². The molecule has 1 aromatic rings. The molecule has 0 saturated carbocycles. The molecule has 2 fully saturated rings. The van der Waals surface area contributed by atoms with Crippen LogP contribution in [0.25, 0.3) is 0 Å². The van der Waals surface area contributed by atoms with Crippen molar-refractivity contribution < 1.29 is 22.4 Å². The summed E-state index contributed by atoms with van der Waals surface area (Å²) in [6.07, 6.45) is 1.48. The number of piperidine rings is 1. The Hall–Kier alpha value is -2.95. The van der Waals surface area contributed by atoms with Gasteiger partial charge < -0.3 is 15.5 Å². The molecule has 0 aliphatic carbocycles. The zero-order chi connectivity index (χ0) is 23.2. The minimum absolute atomic E-state index is 0.0585. The first-order valence-corrected chi connectivity index (χ1v) is 11.0. The maximum Gasteiger partial charge on any atom is 0.393 e. The maximum absolute atomic E-state index is 13.5. The van der Waals surface area contributed by atoms with Crippen molar-refractivity contribution in [2.45, 2.75) is 37.6 Å². The third-order valence-electron chi connectivity index (χ3n) is 6.50. The Morgan fingerprint density at radius 3 is 2.85 bits per heavy atom. The number of nitrogens with zero attached hydrogens (tertiary/aromatic N) is 4. The molecule has 2 N–H and O–H groups in total. The van der Waals surface area contributed by atoms with Gasteiger partial charge in [-0.3, -0.25) is 9.69 Å². The molecular weight excluding hydrogens is 440 g/mol. The van der Waals surface area contributed by atoms with Crippen LogP contribution in [0.4, 0.5) is 23.4 Å². The number of nitrogens with one attached hydrogen (secondary N) is 2. The number of amides is 1. The van der Waals surface area contributed by atoms with Crippen molar-refractivity contribution in [2.24, 2.45) is 10.9 Å². The van der Waals surface area contributed by atoms with Crippen LogP contribution < -0.4 is 10.6 Å². The molecule has 2 bridgehead atoms. The Morgan fingerprint density at radius 2 is 2.09 bits per heavy atom. The molecule has 0 radical (unpaired) electrons. The Labute approximate surface area is 188 Å². The molecule has 4 unspecified atom stereocenters. The molecule has 4 aliphatic rings. The third-order valence-corrected chi connectivity index (χ3v) is 6.50. The molecule has 1 amide bonds. The summed E-state index contributed by atoms with van der Waals surface area (Å²) >= 11 is 0. The number of piperazine rings is 1. The highest BCUT2D eigenvalue weighted by Gasteiger charge is 2.45. The topological polar surface area (TPSA) is 72.9 Å². The number of carbonyl (C=O) groups excluding carboxylic acids is 1. The van der Waals surface area contributed by atoms with Crippen LogP contribution in [0.2, 0.25) is 0 Å². The number of rotatable bonds is 2. The quantitative estimate of drug-likeness (QED) is 0.659. The second kappa shape index (κ2) is 8.44. The molecule has 5 rings (SSSR count). The van der Waals surface area contributed by atoms with Gasteiger partial charge in [-0.15, -0.1) is 0 Å². The molecule has 0 aromatic carbocycles. The predicted molar refractivity (Wildman–Crippen MR) is 114 cm³/mol. The number of hydrogen-bond acceptors (Lipinski definition) is 6. The first-order valence-electron chi connectivity index (χ1n) is 11.0. The van der Waals surface area contributed by atoms with Gasteiger partial charge in [0, 0.05) is 31.9 Å². The smallest absolute Gasteiger partial charge is 0.365 e. The van der Waals surface area contributed by atoms with E-state index < -0.39 is 23.8 Å².